The SMILES string of the molecule is CCN(C(=O)C1CC(=O)N(Cc2ccccc2F)C1)c1cccc(C)c1. The summed E-state index contributed by atoms with van der Waals surface area (Å²) in [6.45, 7) is 4.98. The van der Waals surface area contributed by atoms with Crippen molar-refractivity contribution in [3.63, 3.8) is 0 Å². The molecule has 1 saturated heterocycles. The number of hydrogen-bond acceptors (Lipinski definition) is 2. The van der Waals surface area contributed by atoms with Gasteiger partial charge in [-0.15, -0.1) is 0 Å². The van der Waals surface area contributed by atoms with Crippen molar-refractivity contribution in [2.45, 2.75) is 26.8 Å². The highest BCUT2D eigenvalue weighted by Crippen LogP contribution is 2.26. The zero-order valence-electron chi connectivity index (χ0n) is 15.1. The third kappa shape index (κ3) is 3.77. The van der Waals surface area contributed by atoms with Gasteiger partial charge in [0.1, 0.15) is 5.82 Å². The second kappa shape index (κ2) is 7.68. The van der Waals surface area contributed by atoms with Gasteiger partial charge >= 0.3 is 0 Å². The van der Waals surface area contributed by atoms with Crippen LogP contribution in [0.5, 0.6) is 0 Å². The van der Waals surface area contributed by atoms with Crippen molar-refractivity contribution in [3.8, 4) is 0 Å². The molecule has 0 saturated carbocycles. The van der Waals surface area contributed by atoms with Crippen LogP contribution >= 0.6 is 0 Å². The molecule has 0 spiro atoms. The number of hydrogen-bond donors (Lipinski definition) is 0. The molecule has 2 aromatic carbocycles. The lowest BCUT2D eigenvalue weighted by Gasteiger charge is -2.25. The van der Waals surface area contributed by atoms with E-state index >= 15 is 0 Å². The molecule has 4 nitrogen and oxygen atoms in total. The largest absolute Gasteiger partial charge is 0.337 e. The van der Waals surface area contributed by atoms with E-state index in [1.807, 2.05) is 38.1 Å². The van der Waals surface area contributed by atoms with Crippen LogP contribution in [0.1, 0.15) is 24.5 Å². The summed E-state index contributed by atoms with van der Waals surface area (Å²) in [6.07, 6.45) is 0.176. The number of anilines is 1. The summed E-state index contributed by atoms with van der Waals surface area (Å²) in [6, 6.07) is 14.2. The van der Waals surface area contributed by atoms with Gasteiger partial charge < -0.3 is 9.80 Å². The van der Waals surface area contributed by atoms with E-state index in [0.717, 1.165) is 11.3 Å². The summed E-state index contributed by atoms with van der Waals surface area (Å²) in [5.41, 5.74) is 2.40. The fourth-order valence-electron chi connectivity index (χ4n) is 3.40. The van der Waals surface area contributed by atoms with Crippen molar-refractivity contribution >= 4 is 17.5 Å². The molecule has 1 aliphatic heterocycles. The minimum Gasteiger partial charge on any atom is -0.337 e. The lowest BCUT2D eigenvalue weighted by Crippen LogP contribution is -2.37. The van der Waals surface area contributed by atoms with Gasteiger partial charge in [0.25, 0.3) is 0 Å². The minimum atomic E-state index is -0.394. The predicted molar refractivity (Wildman–Crippen MR) is 99.1 cm³/mol. The zero-order valence-corrected chi connectivity index (χ0v) is 15.1. The molecule has 2 aromatic rings. The Balaban J connectivity index is 1.73. The standard InChI is InChI=1S/C21H23FN2O2/c1-3-24(18-9-6-7-15(2)11-18)21(26)17-12-20(25)23(14-17)13-16-8-4-5-10-19(16)22/h4-11,17H,3,12-14H2,1-2H3. The number of likely N-dealkylation sites (tertiary alicyclic amines) is 1. The first kappa shape index (κ1) is 18.1. The second-order valence-electron chi connectivity index (χ2n) is 6.69. The Hall–Kier alpha value is -2.69. The molecule has 1 fully saturated rings. The molecule has 1 aliphatic rings. The smallest absolute Gasteiger partial charge is 0.232 e. The predicted octanol–water partition coefficient (Wildman–Crippen LogP) is 3.54. The molecule has 136 valence electrons. The molecule has 1 heterocycles. The van der Waals surface area contributed by atoms with Crippen molar-refractivity contribution in [1.82, 2.24) is 4.90 Å². The Morgan fingerprint density at radius 2 is 2.00 bits per heavy atom. The van der Waals surface area contributed by atoms with Gasteiger partial charge in [-0.05, 0) is 37.6 Å². The Kier molecular flexibility index (Phi) is 5.35. The fraction of sp³-hybridized carbons (Fsp3) is 0.333. The Labute approximate surface area is 153 Å². The number of benzene rings is 2. The van der Waals surface area contributed by atoms with Crippen molar-refractivity contribution in [3.05, 3.63) is 65.5 Å². The summed E-state index contributed by atoms with van der Waals surface area (Å²) in [4.78, 5) is 28.6. The Bertz CT molecular complexity index is 821. The topological polar surface area (TPSA) is 40.6 Å². The van der Waals surface area contributed by atoms with Gasteiger partial charge in [-0.2, -0.15) is 0 Å². The fourth-order valence-corrected chi connectivity index (χ4v) is 3.40. The maximum absolute atomic E-state index is 13.9. The number of carbonyl (C=O) groups is 2. The molecule has 0 aliphatic carbocycles. The van der Waals surface area contributed by atoms with Gasteiger partial charge in [0.2, 0.25) is 11.8 Å². The lowest BCUT2D eigenvalue weighted by atomic mass is 10.1. The average Bonchev–Trinajstić information content (AvgIpc) is 2.98. The van der Waals surface area contributed by atoms with Crippen LogP contribution in [0.4, 0.5) is 10.1 Å². The van der Waals surface area contributed by atoms with Crippen LogP contribution in [-0.2, 0) is 16.1 Å². The monoisotopic (exact) mass is 354 g/mol. The summed E-state index contributed by atoms with van der Waals surface area (Å²) in [7, 11) is 0. The van der Waals surface area contributed by atoms with Crippen molar-refractivity contribution in [1.29, 1.82) is 0 Å². The molecule has 1 atom stereocenters. The molecule has 2 amide bonds. The summed E-state index contributed by atoms with van der Waals surface area (Å²) in [5, 5.41) is 0. The Morgan fingerprint density at radius 1 is 1.23 bits per heavy atom. The highest BCUT2D eigenvalue weighted by molar-refractivity contribution is 5.99. The summed E-state index contributed by atoms with van der Waals surface area (Å²) >= 11 is 0. The van der Waals surface area contributed by atoms with Crippen LogP contribution in [0.3, 0.4) is 0 Å². The maximum atomic E-state index is 13.9. The second-order valence-corrected chi connectivity index (χ2v) is 6.69. The van der Waals surface area contributed by atoms with Gasteiger partial charge in [0.05, 0.1) is 5.92 Å². The van der Waals surface area contributed by atoms with Crippen LogP contribution in [0.2, 0.25) is 0 Å². The minimum absolute atomic E-state index is 0.0533. The Morgan fingerprint density at radius 3 is 2.69 bits per heavy atom. The van der Waals surface area contributed by atoms with Crippen LogP contribution in [-0.4, -0.2) is 29.8 Å². The number of aryl methyl sites for hydroxylation is 1. The first-order valence-electron chi connectivity index (χ1n) is 8.88. The van der Waals surface area contributed by atoms with E-state index in [1.165, 1.54) is 6.07 Å². The van der Waals surface area contributed by atoms with Crippen LogP contribution in [0, 0.1) is 18.7 Å². The molecule has 1 unspecified atom stereocenters. The highest BCUT2D eigenvalue weighted by Gasteiger charge is 2.36. The molecule has 5 heteroatoms. The van der Waals surface area contributed by atoms with Gasteiger partial charge in [0.15, 0.2) is 0 Å². The van der Waals surface area contributed by atoms with E-state index in [0.29, 0.717) is 18.7 Å². The third-order valence-corrected chi connectivity index (χ3v) is 4.78. The van der Waals surface area contributed by atoms with E-state index in [2.05, 4.69) is 0 Å². The third-order valence-electron chi connectivity index (χ3n) is 4.78. The van der Waals surface area contributed by atoms with Crippen LogP contribution in [0.25, 0.3) is 0 Å². The average molecular weight is 354 g/mol. The molecule has 0 N–H and O–H groups in total. The first-order valence-corrected chi connectivity index (χ1v) is 8.88. The van der Waals surface area contributed by atoms with E-state index in [4.69, 9.17) is 0 Å². The van der Waals surface area contributed by atoms with Gasteiger partial charge in [-0.3, -0.25) is 9.59 Å². The van der Waals surface area contributed by atoms with Crippen molar-refractivity contribution in [2.24, 2.45) is 5.92 Å². The summed E-state index contributed by atoms with van der Waals surface area (Å²) in [5.74, 6) is -0.880. The van der Waals surface area contributed by atoms with Gasteiger partial charge in [-0.25, -0.2) is 4.39 Å². The molecule has 0 bridgehead atoms. The van der Waals surface area contributed by atoms with Crippen molar-refractivity contribution in [2.75, 3.05) is 18.0 Å². The molecule has 3 rings (SSSR count). The lowest BCUT2D eigenvalue weighted by molar-refractivity contribution is -0.128. The van der Waals surface area contributed by atoms with E-state index < -0.39 is 5.92 Å². The highest BCUT2D eigenvalue weighted by atomic mass is 19.1. The molecule has 26 heavy (non-hydrogen) atoms. The first-order chi connectivity index (χ1) is 12.5. The molecule has 0 aromatic heterocycles. The number of carbonyl (C=O) groups excluding carboxylic acids is 2. The number of halogens is 1. The number of amides is 2. The summed E-state index contributed by atoms with van der Waals surface area (Å²) < 4.78 is 13.9. The van der Waals surface area contributed by atoms with Gasteiger partial charge in [0, 0.05) is 37.3 Å². The van der Waals surface area contributed by atoms with E-state index in [-0.39, 0.29) is 30.6 Å². The molecule has 0 radical (unpaired) electrons. The number of nitrogens with zero attached hydrogens (tertiary/aromatic N) is 2. The molecular weight excluding hydrogens is 331 g/mol. The van der Waals surface area contributed by atoms with E-state index in [1.54, 1.807) is 28.0 Å². The van der Waals surface area contributed by atoms with Crippen LogP contribution in [0.15, 0.2) is 48.5 Å². The van der Waals surface area contributed by atoms with Crippen molar-refractivity contribution < 1.29 is 14.0 Å². The van der Waals surface area contributed by atoms with Crippen LogP contribution < -0.4 is 4.90 Å². The quantitative estimate of drug-likeness (QED) is 0.824. The number of rotatable bonds is 5. The van der Waals surface area contributed by atoms with Gasteiger partial charge in [-0.1, -0.05) is 30.3 Å². The zero-order chi connectivity index (χ0) is 18.7. The van der Waals surface area contributed by atoms with E-state index in [9.17, 15) is 14.0 Å². The maximum Gasteiger partial charge on any atom is 0.232 e. The molecular formula is C21H23FN2O2. The normalized spacial score (nSPS) is 16.8.